The largest absolute Gasteiger partial charge is 0.497 e. The van der Waals surface area contributed by atoms with Gasteiger partial charge in [-0.15, -0.1) is 0 Å². The summed E-state index contributed by atoms with van der Waals surface area (Å²) in [5.41, 5.74) is 7.25. The fraction of sp³-hybridized carbons (Fsp3) is 0.231. The molecule has 0 radical (unpaired) electrons. The average Bonchev–Trinajstić information content (AvgIpc) is 2.81. The van der Waals surface area contributed by atoms with E-state index in [0.29, 0.717) is 5.56 Å². The zero-order valence-electron chi connectivity index (χ0n) is 12.5. The first-order valence-corrected chi connectivity index (χ1v) is 6.44. The molecule has 0 unspecified atom stereocenters. The first-order chi connectivity index (χ1) is 10.5. The maximum absolute atomic E-state index is 9.42. The van der Waals surface area contributed by atoms with Gasteiger partial charge in [0.25, 0.3) is 0 Å². The van der Waals surface area contributed by atoms with Crippen molar-refractivity contribution in [3.63, 3.8) is 0 Å². The zero-order valence-corrected chi connectivity index (χ0v) is 12.5. The molecule has 0 bridgehead atoms. The Labute approximate surface area is 128 Å². The molecule has 8 nitrogen and oxygen atoms in total. The van der Waals surface area contributed by atoms with Crippen LogP contribution in [0.1, 0.15) is 11.3 Å². The van der Waals surface area contributed by atoms with Crippen LogP contribution in [-0.4, -0.2) is 47.3 Å². The molecule has 0 spiro atoms. The molecule has 0 amide bonds. The average molecular weight is 304 g/mol. The molecular formula is C13H17BN4O4. The van der Waals surface area contributed by atoms with E-state index < -0.39 is 7.12 Å². The van der Waals surface area contributed by atoms with E-state index in [9.17, 15) is 10.0 Å². The van der Waals surface area contributed by atoms with Crippen LogP contribution in [0.5, 0.6) is 11.5 Å². The van der Waals surface area contributed by atoms with Crippen LogP contribution in [0, 0.1) is 6.92 Å². The van der Waals surface area contributed by atoms with Crippen molar-refractivity contribution in [3.8, 4) is 11.5 Å². The van der Waals surface area contributed by atoms with Gasteiger partial charge in [0, 0.05) is 5.56 Å². The van der Waals surface area contributed by atoms with Crippen molar-refractivity contribution in [2.75, 3.05) is 20.0 Å². The highest BCUT2D eigenvalue weighted by Crippen LogP contribution is 2.20. The molecule has 0 fully saturated rings. The van der Waals surface area contributed by atoms with Crippen molar-refractivity contribution in [3.05, 3.63) is 29.6 Å². The van der Waals surface area contributed by atoms with Crippen molar-refractivity contribution >= 4 is 24.7 Å². The first-order valence-electron chi connectivity index (χ1n) is 6.44. The second-order valence-electron chi connectivity index (χ2n) is 4.54. The number of rotatable bonds is 5. The monoisotopic (exact) mass is 304 g/mol. The summed E-state index contributed by atoms with van der Waals surface area (Å²) < 4.78 is 11.8. The third-order valence-electron chi connectivity index (χ3n) is 2.99. The molecule has 1 aromatic carbocycles. The van der Waals surface area contributed by atoms with Gasteiger partial charge in [-0.25, -0.2) is 9.66 Å². The summed E-state index contributed by atoms with van der Waals surface area (Å²) in [6.07, 6.45) is 3.22. The minimum Gasteiger partial charge on any atom is -0.497 e. The Morgan fingerprint density at radius 1 is 1.27 bits per heavy atom. The number of aromatic nitrogens is 2. The van der Waals surface area contributed by atoms with Gasteiger partial charge in [-0.1, -0.05) is 0 Å². The first kappa shape index (κ1) is 15.9. The Hall–Kier alpha value is -2.52. The maximum Gasteiger partial charge on any atom is 0.496 e. The third kappa shape index (κ3) is 3.21. The van der Waals surface area contributed by atoms with Crippen molar-refractivity contribution in [1.82, 2.24) is 9.66 Å². The van der Waals surface area contributed by atoms with Crippen LogP contribution in [0.15, 0.2) is 23.4 Å². The molecule has 2 aromatic rings. The fourth-order valence-electron chi connectivity index (χ4n) is 2.01. The molecule has 0 saturated carbocycles. The normalized spacial score (nSPS) is 11.0. The lowest BCUT2D eigenvalue weighted by molar-refractivity contribution is 0.385. The van der Waals surface area contributed by atoms with E-state index >= 15 is 0 Å². The smallest absolute Gasteiger partial charge is 0.496 e. The maximum atomic E-state index is 9.42. The molecule has 0 aliphatic heterocycles. The SMILES string of the molecule is COc1cc(C=Nn2cc(C)nc2N)cc(OC)c1B(O)O. The van der Waals surface area contributed by atoms with E-state index in [2.05, 4.69) is 10.1 Å². The van der Waals surface area contributed by atoms with Crippen molar-refractivity contribution in [2.45, 2.75) is 6.92 Å². The summed E-state index contributed by atoms with van der Waals surface area (Å²) in [6, 6.07) is 3.22. The van der Waals surface area contributed by atoms with Crippen LogP contribution in [0.25, 0.3) is 0 Å². The van der Waals surface area contributed by atoms with Gasteiger partial charge < -0.3 is 25.3 Å². The zero-order chi connectivity index (χ0) is 16.3. The molecular weight excluding hydrogens is 287 g/mol. The molecule has 1 heterocycles. The van der Waals surface area contributed by atoms with Gasteiger partial charge in [-0.3, -0.25) is 0 Å². The lowest BCUT2D eigenvalue weighted by Gasteiger charge is -2.13. The summed E-state index contributed by atoms with van der Waals surface area (Å²) in [5, 5.41) is 23.0. The Morgan fingerprint density at radius 2 is 1.86 bits per heavy atom. The van der Waals surface area contributed by atoms with E-state index in [-0.39, 0.29) is 22.9 Å². The number of benzene rings is 1. The number of nitrogens with zero attached hydrogens (tertiary/aromatic N) is 3. The molecule has 22 heavy (non-hydrogen) atoms. The van der Waals surface area contributed by atoms with Gasteiger partial charge >= 0.3 is 7.12 Å². The van der Waals surface area contributed by atoms with Crippen LogP contribution >= 0.6 is 0 Å². The van der Waals surface area contributed by atoms with Crippen LogP contribution in [0.3, 0.4) is 0 Å². The van der Waals surface area contributed by atoms with Crippen molar-refractivity contribution in [2.24, 2.45) is 5.10 Å². The lowest BCUT2D eigenvalue weighted by atomic mass is 9.78. The van der Waals surface area contributed by atoms with Crippen molar-refractivity contribution < 1.29 is 19.5 Å². The number of aryl methyl sites for hydroxylation is 1. The Morgan fingerprint density at radius 3 is 2.27 bits per heavy atom. The minimum atomic E-state index is -1.71. The van der Waals surface area contributed by atoms with E-state index in [0.717, 1.165) is 5.69 Å². The number of imidazole rings is 1. The standard InChI is InChI=1S/C13H17BN4O4/c1-8-7-18(13(15)17-8)16-6-9-4-10(21-2)12(14(19)20)11(5-9)22-3/h4-7,19-20H,1-3H3,(H2,15,17). The number of hydrogen-bond acceptors (Lipinski definition) is 7. The summed E-state index contributed by atoms with van der Waals surface area (Å²) >= 11 is 0. The predicted molar refractivity (Wildman–Crippen MR) is 83.7 cm³/mol. The topological polar surface area (TPSA) is 115 Å². The van der Waals surface area contributed by atoms with E-state index in [4.69, 9.17) is 15.2 Å². The Balaban J connectivity index is 2.42. The molecule has 1 aromatic heterocycles. The molecule has 4 N–H and O–H groups in total. The molecule has 0 atom stereocenters. The second-order valence-corrected chi connectivity index (χ2v) is 4.54. The van der Waals surface area contributed by atoms with Gasteiger partial charge in [0.05, 0.1) is 37.8 Å². The molecule has 116 valence electrons. The third-order valence-corrected chi connectivity index (χ3v) is 2.99. The number of hydrogen-bond donors (Lipinski definition) is 3. The van der Waals surface area contributed by atoms with Gasteiger partial charge in [0.1, 0.15) is 11.5 Å². The second kappa shape index (κ2) is 6.50. The van der Waals surface area contributed by atoms with Gasteiger partial charge in [-0.2, -0.15) is 5.10 Å². The minimum absolute atomic E-state index is 0.153. The van der Waals surface area contributed by atoms with E-state index in [1.807, 2.05) is 6.92 Å². The number of methoxy groups -OCH3 is 2. The summed E-state index contributed by atoms with van der Waals surface area (Å²) in [6.45, 7) is 1.81. The number of nitrogens with two attached hydrogens (primary N) is 1. The molecule has 0 aliphatic carbocycles. The van der Waals surface area contributed by atoms with E-state index in [1.54, 1.807) is 18.3 Å². The molecule has 9 heteroatoms. The van der Waals surface area contributed by atoms with Crippen molar-refractivity contribution in [1.29, 1.82) is 0 Å². The van der Waals surface area contributed by atoms with E-state index in [1.165, 1.54) is 25.1 Å². The van der Waals surface area contributed by atoms with Gasteiger partial charge in [0.2, 0.25) is 5.95 Å². The summed E-state index contributed by atoms with van der Waals surface area (Å²) in [5.74, 6) is 0.839. The van der Waals surface area contributed by atoms with Crippen LogP contribution in [0.4, 0.5) is 5.95 Å². The molecule has 2 rings (SSSR count). The molecule has 0 aliphatic rings. The molecule has 0 saturated heterocycles. The highest BCUT2D eigenvalue weighted by Gasteiger charge is 2.23. The summed E-state index contributed by atoms with van der Waals surface area (Å²) in [4.78, 5) is 4.04. The number of anilines is 1. The predicted octanol–water partition coefficient (Wildman–Crippen LogP) is -0.647. The van der Waals surface area contributed by atoms with Crippen LogP contribution in [0.2, 0.25) is 0 Å². The Kier molecular flexibility index (Phi) is 4.69. The number of nitrogen functional groups attached to an aromatic ring is 1. The number of ether oxygens (including phenoxy) is 2. The quantitative estimate of drug-likeness (QED) is 0.499. The van der Waals surface area contributed by atoms with Crippen LogP contribution < -0.4 is 20.7 Å². The fourth-order valence-corrected chi connectivity index (χ4v) is 2.01. The highest BCUT2D eigenvalue weighted by molar-refractivity contribution is 6.61. The highest BCUT2D eigenvalue weighted by atomic mass is 16.5. The van der Waals surface area contributed by atoms with Crippen LogP contribution in [-0.2, 0) is 0 Å². The lowest BCUT2D eigenvalue weighted by Crippen LogP contribution is -2.32. The summed E-state index contributed by atoms with van der Waals surface area (Å²) in [7, 11) is 1.15. The van der Waals surface area contributed by atoms with Gasteiger partial charge in [-0.05, 0) is 19.1 Å². The van der Waals surface area contributed by atoms with Gasteiger partial charge in [0.15, 0.2) is 0 Å². The Bertz CT molecular complexity index is 674.